The molecule has 186 valence electrons. The quantitative estimate of drug-likeness (QED) is 0.317. The van der Waals surface area contributed by atoms with Crippen LogP contribution < -0.4 is 11.1 Å². The fourth-order valence-electron chi connectivity index (χ4n) is 3.32. The average Bonchev–Trinajstić information content (AvgIpc) is 2.73. The van der Waals surface area contributed by atoms with Crippen LogP contribution in [-0.4, -0.2) is 42.8 Å². The van der Waals surface area contributed by atoms with Gasteiger partial charge in [0.05, 0.1) is 25.9 Å². The minimum Gasteiger partial charge on any atom is -0.469 e. The number of benzene rings is 1. The molecule has 1 aromatic rings. The van der Waals surface area contributed by atoms with Gasteiger partial charge in [0.1, 0.15) is 5.60 Å². The molecule has 2 atom stereocenters. The summed E-state index contributed by atoms with van der Waals surface area (Å²) in [6.07, 6.45) is 3.62. The van der Waals surface area contributed by atoms with Gasteiger partial charge in [0.2, 0.25) is 5.91 Å². The molecule has 33 heavy (non-hydrogen) atoms. The summed E-state index contributed by atoms with van der Waals surface area (Å²) >= 11 is 0. The molecule has 0 aliphatic rings. The molecule has 0 aliphatic heterocycles. The second kappa shape index (κ2) is 14.5. The fourth-order valence-corrected chi connectivity index (χ4v) is 3.32. The van der Waals surface area contributed by atoms with Gasteiger partial charge >= 0.3 is 12.1 Å². The van der Waals surface area contributed by atoms with Gasteiger partial charge < -0.3 is 25.3 Å². The minimum absolute atomic E-state index is 0.135. The first-order valence-electron chi connectivity index (χ1n) is 11.5. The molecular weight excluding hydrogens is 424 g/mol. The SMILES string of the molecule is COC(=O)CCCCCc1ccccc1CO[C@H](C)[C@H](CCC(N)=O)NC(=O)OC(C)(C)C. The van der Waals surface area contributed by atoms with E-state index in [0.717, 1.165) is 31.2 Å². The van der Waals surface area contributed by atoms with E-state index < -0.39 is 23.6 Å². The zero-order valence-electron chi connectivity index (χ0n) is 20.6. The lowest BCUT2D eigenvalue weighted by Gasteiger charge is -2.27. The number of methoxy groups -OCH3 is 1. The third-order valence-corrected chi connectivity index (χ3v) is 5.15. The van der Waals surface area contributed by atoms with Crippen LogP contribution in [0.5, 0.6) is 0 Å². The molecule has 3 N–H and O–H groups in total. The summed E-state index contributed by atoms with van der Waals surface area (Å²) in [6.45, 7) is 7.60. The number of unbranched alkanes of at least 4 members (excludes halogenated alkanes) is 2. The van der Waals surface area contributed by atoms with E-state index in [1.54, 1.807) is 20.8 Å². The van der Waals surface area contributed by atoms with Gasteiger partial charge in [-0.2, -0.15) is 0 Å². The first-order valence-corrected chi connectivity index (χ1v) is 11.5. The standard InChI is InChI=1S/C25H40N2O6/c1-18(21(15-16-22(26)28)27-24(30)33-25(2,3)4)32-17-20-13-10-9-12-19(20)11-7-6-8-14-23(29)31-5/h9-10,12-13,18,21H,6-8,11,14-17H2,1-5H3,(H2,26,28)(H,27,30)/t18-,21+/m1/s1. The molecule has 0 spiro atoms. The molecule has 0 saturated heterocycles. The van der Waals surface area contributed by atoms with E-state index in [1.165, 1.54) is 12.7 Å². The Morgan fingerprint density at radius 1 is 1.03 bits per heavy atom. The number of nitrogens with one attached hydrogen (secondary N) is 1. The first kappa shape index (κ1) is 28.4. The highest BCUT2D eigenvalue weighted by Crippen LogP contribution is 2.17. The Morgan fingerprint density at radius 2 is 1.70 bits per heavy atom. The highest BCUT2D eigenvalue weighted by molar-refractivity contribution is 5.74. The average molecular weight is 465 g/mol. The lowest BCUT2D eigenvalue weighted by atomic mass is 10.0. The molecule has 0 saturated carbocycles. The lowest BCUT2D eigenvalue weighted by Crippen LogP contribution is -2.45. The third-order valence-electron chi connectivity index (χ3n) is 5.15. The van der Waals surface area contributed by atoms with E-state index in [0.29, 0.717) is 19.4 Å². The van der Waals surface area contributed by atoms with Crippen molar-refractivity contribution in [1.29, 1.82) is 0 Å². The van der Waals surface area contributed by atoms with E-state index in [4.69, 9.17) is 15.2 Å². The molecule has 2 amide bonds. The highest BCUT2D eigenvalue weighted by atomic mass is 16.6. The van der Waals surface area contributed by atoms with E-state index in [-0.39, 0.29) is 18.5 Å². The number of alkyl carbamates (subject to hydrolysis) is 1. The van der Waals surface area contributed by atoms with Crippen molar-refractivity contribution in [2.24, 2.45) is 5.73 Å². The molecule has 1 aromatic carbocycles. The van der Waals surface area contributed by atoms with Crippen LogP contribution >= 0.6 is 0 Å². The van der Waals surface area contributed by atoms with Gasteiger partial charge in [0.25, 0.3) is 0 Å². The number of hydrogen-bond donors (Lipinski definition) is 2. The second-order valence-corrected chi connectivity index (χ2v) is 9.18. The Labute approximate surface area is 197 Å². The van der Waals surface area contributed by atoms with Crippen molar-refractivity contribution < 1.29 is 28.6 Å². The number of primary amides is 1. The minimum atomic E-state index is -0.627. The predicted octanol–water partition coefficient (Wildman–Crippen LogP) is 4.03. The van der Waals surface area contributed by atoms with Crippen LogP contribution in [-0.2, 0) is 36.8 Å². The summed E-state index contributed by atoms with van der Waals surface area (Å²) in [5.41, 5.74) is 6.94. The number of esters is 1. The summed E-state index contributed by atoms with van der Waals surface area (Å²) in [6, 6.07) is 7.64. The van der Waals surface area contributed by atoms with Crippen molar-refractivity contribution in [2.45, 2.75) is 97.0 Å². The van der Waals surface area contributed by atoms with Crippen molar-refractivity contribution in [3.05, 3.63) is 35.4 Å². The molecule has 0 unspecified atom stereocenters. The van der Waals surface area contributed by atoms with Crippen LogP contribution in [0.3, 0.4) is 0 Å². The van der Waals surface area contributed by atoms with Crippen molar-refractivity contribution in [1.82, 2.24) is 5.32 Å². The molecular formula is C25H40N2O6. The van der Waals surface area contributed by atoms with Gasteiger partial charge in [-0.15, -0.1) is 0 Å². The zero-order chi connectivity index (χ0) is 24.9. The lowest BCUT2D eigenvalue weighted by molar-refractivity contribution is -0.140. The van der Waals surface area contributed by atoms with Crippen LogP contribution in [0.4, 0.5) is 4.79 Å². The predicted molar refractivity (Wildman–Crippen MR) is 126 cm³/mol. The number of aryl methyl sites for hydroxylation is 1. The van der Waals surface area contributed by atoms with Gasteiger partial charge in [-0.1, -0.05) is 30.7 Å². The van der Waals surface area contributed by atoms with Crippen LogP contribution in [0, 0.1) is 0 Å². The van der Waals surface area contributed by atoms with E-state index in [1.807, 2.05) is 25.1 Å². The summed E-state index contributed by atoms with van der Waals surface area (Å²) in [5.74, 6) is -0.612. The smallest absolute Gasteiger partial charge is 0.407 e. The van der Waals surface area contributed by atoms with Crippen LogP contribution in [0.25, 0.3) is 0 Å². The summed E-state index contributed by atoms with van der Waals surface area (Å²) in [5, 5.41) is 2.81. The molecule has 0 fully saturated rings. The number of hydrogen-bond acceptors (Lipinski definition) is 6. The van der Waals surface area contributed by atoms with Gasteiger partial charge in [-0.05, 0) is 64.5 Å². The summed E-state index contributed by atoms with van der Waals surface area (Å²) < 4.78 is 16.1. The fraction of sp³-hybridized carbons (Fsp3) is 0.640. The van der Waals surface area contributed by atoms with Gasteiger partial charge in [-0.3, -0.25) is 9.59 Å². The second-order valence-electron chi connectivity index (χ2n) is 9.18. The van der Waals surface area contributed by atoms with E-state index in [9.17, 15) is 14.4 Å². The Balaban J connectivity index is 2.66. The molecule has 8 heteroatoms. The number of carbonyl (C=O) groups is 3. The number of ether oxygens (including phenoxy) is 3. The summed E-state index contributed by atoms with van der Waals surface area (Å²) in [4.78, 5) is 34.7. The van der Waals surface area contributed by atoms with Crippen molar-refractivity contribution in [2.75, 3.05) is 7.11 Å². The summed E-state index contributed by atoms with van der Waals surface area (Å²) in [7, 11) is 1.40. The maximum absolute atomic E-state index is 12.2. The van der Waals surface area contributed by atoms with Crippen LogP contribution in [0.15, 0.2) is 24.3 Å². The Hall–Kier alpha value is -2.61. The number of amides is 2. The van der Waals surface area contributed by atoms with Crippen LogP contribution in [0.1, 0.15) is 77.3 Å². The van der Waals surface area contributed by atoms with Gasteiger partial charge in [-0.25, -0.2) is 4.79 Å². The molecule has 0 aliphatic carbocycles. The molecule has 8 nitrogen and oxygen atoms in total. The monoisotopic (exact) mass is 464 g/mol. The maximum Gasteiger partial charge on any atom is 0.407 e. The zero-order valence-corrected chi connectivity index (χ0v) is 20.6. The van der Waals surface area contributed by atoms with Crippen molar-refractivity contribution in [3.63, 3.8) is 0 Å². The largest absolute Gasteiger partial charge is 0.469 e. The number of nitrogens with two attached hydrogens (primary N) is 1. The van der Waals surface area contributed by atoms with E-state index in [2.05, 4.69) is 16.1 Å². The molecule has 1 rings (SSSR count). The van der Waals surface area contributed by atoms with E-state index >= 15 is 0 Å². The van der Waals surface area contributed by atoms with Gasteiger partial charge in [0, 0.05) is 12.8 Å². The van der Waals surface area contributed by atoms with Crippen molar-refractivity contribution >= 4 is 18.0 Å². The molecule has 0 radical (unpaired) electrons. The van der Waals surface area contributed by atoms with Crippen LogP contribution in [0.2, 0.25) is 0 Å². The van der Waals surface area contributed by atoms with Crippen molar-refractivity contribution in [3.8, 4) is 0 Å². The molecule has 0 bridgehead atoms. The number of rotatable bonds is 14. The number of carbonyl (C=O) groups excluding carboxylic acids is 3. The molecule has 0 aromatic heterocycles. The third kappa shape index (κ3) is 12.9. The Morgan fingerprint density at radius 3 is 2.30 bits per heavy atom. The first-order chi connectivity index (χ1) is 15.5. The Bertz CT molecular complexity index is 760. The van der Waals surface area contributed by atoms with Gasteiger partial charge in [0.15, 0.2) is 0 Å². The Kier molecular flexibility index (Phi) is 12.5. The maximum atomic E-state index is 12.2. The highest BCUT2D eigenvalue weighted by Gasteiger charge is 2.24. The normalized spacial score (nSPS) is 13.1. The molecule has 0 heterocycles. The topological polar surface area (TPSA) is 117 Å².